The van der Waals surface area contributed by atoms with Crippen LogP contribution in [0.1, 0.15) is 30.9 Å². The third kappa shape index (κ3) is 3.68. The van der Waals surface area contributed by atoms with Gasteiger partial charge in [-0.3, -0.25) is 0 Å². The van der Waals surface area contributed by atoms with Crippen LogP contribution in [0.5, 0.6) is 0 Å². The highest BCUT2D eigenvalue weighted by Crippen LogP contribution is 2.25. The Kier molecular flexibility index (Phi) is 5.17. The van der Waals surface area contributed by atoms with Crippen LogP contribution in [0.3, 0.4) is 0 Å². The van der Waals surface area contributed by atoms with E-state index in [0.717, 1.165) is 17.3 Å². The standard InChI is InChI=1S/C17H20BrN/c1-3-4-5-6-17(19-2)15-8-7-14-12-16(18)10-9-13(14)11-15/h3,7-12,17,19H,1,4-6H2,2H3. The summed E-state index contributed by atoms with van der Waals surface area (Å²) in [6.45, 7) is 3.78. The van der Waals surface area contributed by atoms with E-state index < -0.39 is 0 Å². The zero-order chi connectivity index (χ0) is 13.7. The normalized spacial score (nSPS) is 12.5. The van der Waals surface area contributed by atoms with Crippen LogP contribution in [0.4, 0.5) is 0 Å². The van der Waals surface area contributed by atoms with Gasteiger partial charge in [-0.15, -0.1) is 6.58 Å². The average Bonchev–Trinajstić information content (AvgIpc) is 2.43. The maximum Gasteiger partial charge on any atom is 0.0317 e. The number of rotatable bonds is 6. The molecular formula is C17H20BrN. The van der Waals surface area contributed by atoms with Gasteiger partial charge in [0.1, 0.15) is 0 Å². The fraction of sp³-hybridized carbons (Fsp3) is 0.294. The van der Waals surface area contributed by atoms with Gasteiger partial charge in [0.25, 0.3) is 0 Å². The van der Waals surface area contributed by atoms with Crippen molar-refractivity contribution < 1.29 is 0 Å². The van der Waals surface area contributed by atoms with Crippen LogP contribution in [0.2, 0.25) is 0 Å². The molecule has 2 aromatic carbocycles. The molecule has 2 aromatic rings. The van der Waals surface area contributed by atoms with Crippen molar-refractivity contribution in [2.45, 2.75) is 25.3 Å². The SMILES string of the molecule is C=CCCCC(NC)c1ccc2cc(Br)ccc2c1. The second kappa shape index (κ2) is 6.88. The van der Waals surface area contributed by atoms with Gasteiger partial charge in [-0.2, -0.15) is 0 Å². The summed E-state index contributed by atoms with van der Waals surface area (Å²) in [5.41, 5.74) is 1.36. The van der Waals surface area contributed by atoms with Gasteiger partial charge in [-0.25, -0.2) is 0 Å². The Morgan fingerprint density at radius 1 is 1.21 bits per heavy atom. The number of benzene rings is 2. The first kappa shape index (κ1) is 14.3. The summed E-state index contributed by atoms with van der Waals surface area (Å²) in [6.07, 6.45) is 5.39. The molecule has 100 valence electrons. The lowest BCUT2D eigenvalue weighted by Gasteiger charge is -2.17. The third-order valence-electron chi connectivity index (χ3n) is 3.48. The van der Waals surface area contributed by atoms with E-state index in [-0.39, 0.29) is 0 Å². The molecule has 2 rings (SSSR count). The maximum absolute atomic E-state index is 3.78. The van der Waals surface area contributed by atoms with Crippen LogP contribution in [-0.2, 0) is 0 Å². The van der Waals surface area contributed by atoms with Crippen LogP contribution in [0.25, 0.3) is 10.8 Å². The first-order valence-corrected chi connectivity index (χ1v) is 7.51. The molecule has 0 spiro atoms. The first-order valence-electron chi connectivity index (χ1n) is 6.72. The molecule has 1 atom stereocenters. The van der Waals surface area contributed by atoms with Gasteiger partial charge in [0.05, 0.1) is 0 Å². The Hall–Kier alpha value is -1.12. The lowest BCUT2D eigenvalue weighted by molar-refractivity contribution is 0.530. The number of allylic oxidation sites excluding steroid dienone is 1. The van der Waals surface area contributed by atoms with Gasteiger partial charge < -0.3 is 5.32 Å². The second-order valence-electron chi connectivity index (χ2n) is 4.81. The molecule has 0 radical (unpaired) electrons. The molecule has 1 nitrogen and oxygen atoms in total. The monoisotopic (exact) mass is 317 g/mol. The summed E-state index contributed by atoms with van der Waals surface area (Å²) in [5, 5.41) is 5.98. The Morgan fingerprint density at radius 3 is 2.68 bits per heavy atom. The molecule has 0 aliphatic rings. The molecule has 19 heavy (non-hydrogen) atoms. The topological polar surface area (TPSA) is 12.0 Å². The largest absolute Gasteiger partial charge is 0.313 e. The van der Waals surface area contributed by atoms with Crippen molar-refractivity contribution in [1.29, 1.82) is 0 Å². The van der Waals surface area contributed by atoms with E-state index in [1.807, 2.05) is 13.1 Å². The summed E-state index contributed by atoms with van der Waals surface area (Å²) in [7, 11) is 2.03. The van der Waals surface area contributed by atoms with Gasteiger partial charge in [0.2, 0.25) is 0 Å². The molecule has 0 aliphatic carbocycles. The van der Waals surface area contributed by atoms with Gasteiger partial charge in [0, 0.05) is 10.5 Å². The molecule has 2 heteroatoms. The second-order valence-corrected chi connectivity index (χ2v) is 5.73. The van der Waals surface area contributed by atoms with Crippen molar-refractivity contribution in [1.82, 2.24) is 5.32 Å². The summed E-state index contributed by atoms with van der Waals surface area (Å²) in [5.74, 6) is 0. The van der Waals surface area contributed by atoms with Crippen molar-refractivity contribution in [2.24, 2.45) is 0 Å². The van der Waals surface area contributed by atoms with Crippen LogP contribution < -0.4 is 5.32 Å². The van der Waals surface area contributed by atoms with Crippen LogP contribution >= 0.6 is 15.9 Å². The highest BCUT2D eigenvalue weighted by atomic mass is 79.9. The Labute approximate surface area is 123 Å². The molecule has 0 saturated carbocycles. The van der Waals surface area contributed by atoms with Gasteiger partial charge in [-0.1, -0.05) is 40.2 Å². The first-order chi connectivity index (χ1) is 9.24. The fourth-order valence-corrected chi connectivity index (χ4v) is 2.77. The van der Waals surface area contributed by atoms with E-state index in [1.165, 1.54) is 22.8 Å². The molecule has 0 heterocycles. The quantitative estimate of drug-likeness (QED) is 0.569. The molecule has 1 N–H and O–H groups in total. The Bertz CT molecular complexity index is 562. The lowest BCUT2D eigenvalue weighted by atomic mass is 9.98. The van der Waals surface area contributed by atoms with Crippen LogP contribution in [0, 0.1) is 0 Å². The smallest absolute Gasteiger partial charge is 0.0317 e. The van der Waals surface area contributed by atoms with Crippen molar-refractivity contribution in [3.63, 3.8) is 0 Å². The predicted octanol–water partition coefficient (Wildman–Crippen LogP) is 5.22. The molecule has 0 aromatic heterocycles. The number of hydrogen-bond acceptors (Lipinski definition) is 1. The van der Waals surface area contributed by atoms with Gasteiger partial charge in [-0.05, 0) is 60.8 Å². The summed E-state index contributed by atoms with van der Waals surface area (Å²) in [6, 6.07) is 13.6. The number of unbranched alkanes of at least 4 members (excludes halogenated alkanes) is 1. The van der Waals surface area contributed by atoms with E-state index in [1.54, 1.807) is 0 Å². The Morgan fingerprint density at radius 2 is 1.95 bits per heavy atom. The molecule has 0 aliphatic heterocycles. The van der Waals surface area contributed by atoms with Crippen molar-refractivity contribution in [3.8, 4) is 0 Å². The molecule has 0 fully saturated rings. The van der Waals surface area contributed by atoms with Crippen LogP contribution in [-0.4, -0.2) is 7.05 Å². The molecule has 1 unspecified atom stereocenters. The van der Waals surface area contributed by atoms with Gasteiger partial charge >= 0.3 is 0 Å². The fourth-order valence-electron chi connectivity index (χ4n) is 2.40. The number of nitrogens with one attached hydrogen (secondary N) is 1. The minimum Gasteiger partial charge on any atom is -0.313 e. The predicted molar refractivity (Wildman–Crippen MR) is 87.5 cm³/mol. The lowest BCUT2D eigenvalue weighted by Crippen LogP contribution is -2.16. The third-order valence-corrected chi connectivity index (χ3v) is 3.97. The van der Waals surface area contributed by atoms with E-state index >= 15 is 0 Å². The van der Waals surface area contributed by atoms with Gasteiger partial charge in [0.15, 0.2) is 0 Å². The molecule has 0 saturated heterocycles. The summed E-state index contributed by atoms with van der Waals surface area (Å²) in [4.78, 5) is 0. The van der Waals surface area contributed by atoms with E-state index in [9.17, 15) is 0 Å². The number of fused-ring (bicyclic) bond motifs is 1. The highest BCUT2D eigenvalue weighted by molar-refractivity contribution is 9.10. The summed E-state index contributed by atoms with van der Waals surface area (Å²) < 4.78 is 1.13. The minimum absolute atomic E-state index is 0.424. The molecule has 0 amide bonds. The van der Waals surface area contributed by atoms with E-state index in [0.29, 0.717) is 6.04 Å². The van der Waals surface area contributed by atoms with Crippen molar-refractivity contribution >= 4 is 26.7 Å². The zero-order valence-corrected chi connectivity index (χ0v) is 12.9. The maximum atomic E-state index is 3.78. The van der Waals surface area contributed by atoms with E-state index in [4.69, 9.17) is 0 Å². The number of hydrogen-bond donors (Lipinski definition) is 1. The van der Waals surface area contributed by atoms with Crippen molar-refractivity contribution in [3.05, 3.63) is 59.1 Å². The average molecular weight is 318 g/mol. The van der Waals surface area contributed by atoms with Crippen molar-refractivity contribution in [2.75, 3.05) is 7.05 Å². The zero-order valence-electron chi connectivity index (χ0n) is 11.3. The minimum atomic E-state index is 0.424. The Balaban J connectivity index is 2.23. The number of halogens is 1. The summed E-state index contributed by atoms with van der Waals surface area (Å²) >= 11 is 3.51. The highest BCUT2D eigenvalue weighted by Gasteiger charge is 2.09. The van der Waals surface area contributed by atoms with E-state index in [2.05, 4.69) is 64.2 Å². The molecular weight excluding hydrogens is 298 g/mol. The van der Waals surface area contributed by atoms with Crippen LogP contribution in [0.15, 0.2) is 53.5 Å². The molecule has 0 bridgehead atoms.